The average Bonchev–Trinajstić information content (AvgIpc) is 2.92. The van der Waals surface area contributed by atoms with Crippen LogP contribution in [0.1, 0.15) is 32.7 Å². The standard InChI is InChI=1S/C29H32N2O4/c1-33-27-17-24(18-28(20-27)34-2)8-5-22-3-6-23(7-4-22)19-29(32)25-9-10-26(30-21-25)11-12-31-13-15-35-16-14-31/h3-10,17-18,20-21H,11-16,19H2,1-2H3. The van der Waals surface area contributed by atoms with Crippen molar-refractivity contribution < 1.29 is 19.0 Å². The van der Waals surface area contributed by atoms with E-state index < -0.39 is 0 Å². The first kappa shape index (κ1) is 24.6. The average molecular weight is 473 g/mol. The summed E-state index contributed by atoms with van der Waals surface area (Å²) in [4.78, 5) is 19.6. The predicted molar refractivity (Wildman–Crippen MR) is 138 cm³/mol. The van der Waals surface area contributed by atoms with Crippen molar-refractivity contribution in [2.75, 3.05) is 47.1 Å². The zero-order valence-electron chi connectivity index (χ0n) is 20.4. The highest BCUT2D eigenvalue weighted by Gasteiger charge is 2.11. The molecule has 0 N–H and O–H groups in total. The van der Waals surface area contributed by atoms with Gasteiger partial charge in [0.05, 0.1) is 27.4 Å². The molecule has 1 saturated heterocycles. The van der Waals surface area contributed by atoms with E-state index in [-0.39, 0.29) is 5.78 Å². The van der Waals surface area contributed by atoms with Crippen molar-refractivity contribution in [1.82, 2.24) is 9.88 Å². The third-order valence-electron chi connectivity index (χ3n) is 6.12. The van der Waals surface area contributed by atoms with Gasteiger partial charge in [-0.05, 0) is 41.0 Å². The van der Waals surface area contributed by atoms with E-state index in [2.05, 4.69) is 9.88 Å². The van der Waals surface area contributed by atoms with Crippen LogP contribution in [0.15, 0.2) is 60.8 Å². The van der Waals surface area contributed by atoms with E-state index >= 15 is 0 Å². The summed E-state index contributed by atoms with van der Waals surface area (Å²) in [6, 6.07) is 17.6. The van der Waals surface area contributed by atoms with Gasteiger partial charge in [-0.3, -0.25) is 14.7 Å². The fraction of sp³-hybridized carbons (Fsp3) is 0.310. The number of methoxy groups -OCH3 is 2. The second kappa shape index (κ2) is 12.3. The summed E-state index contributed by atoms with van der Waals surface area (Å²) in [5.41, 5.74) is 4.68. The minimum atomic E-state index is 0.0731. The van der Waals surface area contributed by atoms with E-state index in [1.807, 2.05) is 66.7 Å². The van der Waals surface area contributed by atoms with Crippen LogP contribution in [0, 0.1) is 0 Å². The maximum atomic E-state index is 12.7. The molecule has 6 heteroatoms. The van der Waals surface area contributed by atoms with Crippen LogP contribution in [0.5, 0.6) is 11.5 Å². The van der Waals surface area contributed by atoms with Gasteiger partial charge in [0.25, 0.3) is 0 Å². The minimum absolute atomic E-state index is 0.0731. The van der Waals surface area contributed by atoms with Crippen LogP contribution in [-0.2, 0) is 17.6 Å². The topological polar surface area (TPSA) is 60.9 Å². The molecular formula is C29H32N2O4. The first-order valence-corrected chi connectivity index (χ1v) is 11.9. The van der Waals surface area contributed by atoms with Gasteiger partial charge in [0.15, 0.2) is 5.78 Å². The van der Waals surface area contributed by atoms with Crippen LogP contribution < -0.4 is 9.47 Å². The Morgan fingerprint density at radius 3 is 2.26 bits per heavy atom. The summed E-state index contributed by atoms with van der Waals surface area (Å²) in [6.45, 7) is 4.52. The van der Waals surface area contributed by atoms with Crippen molar-refractivity contribution in [2.24, 2.45) is 0 Å². The first-order chi connectivity index (χ1) is 17.1. The van der Waals surface area contributed by atoms with E-state index in [4.69, 9.17) is 14.2 Å². The molecule has 6 nitrogen and oxygen atoms in total. The van der Waals surface area contributed by atoms with Crippen molar-refractivity contribution in [3.05, 3.63) is 88.7 Å². The highest BCUT2D eigenvalue weighted by atomic mass is 16.5. The molecule has 1 fully saturated rings. The maximum Gasteiger partial charge on any atom is 0.168 e. The smallest absolute Gasteiger partial charge is 0.168 e. The molecule has 2 heterocycles. The van der Waals surface area contributed by atoms with Crippen LogP contribution in [0.2, 0.25) is 0 Å². The van der Waals surface area contributed by atoms with Crippen LogP contribution in [0.25, 0.3) is 12.2 Å². The van der Waals surface area contributed by atoms with Gasteiger partial charge in [0.1, 0.15) is 11.5 Å². The highest BCUT2D eigenvalue weighted by Crippen LogP contribution is 2.24. The number of carbonyl (C=O) groups excluding carboxylic acids is 1. The SMILES string of the molecule is COc1cc(C=Cc2ccc(CC(=O)c3ccc(CCN4CCOCC4)nc3)cc2)cc(OC)c1. The van der Waals surface area contributed by atoms with Gasteiger partial charge in [-0.15, -0.1) is 0 Å². The lowest BCUT2D eigenvalue weighted by Gasteiger charge is -2.26. The number of ether oxygens (including phenoxy) is 3. The summed E-state index contributed by atoms with van der Waals surface area (Å²) in [6.07, 6.45) is 6.98. The Morgan fingerprint density at radius 1 is 0.943 bits per heavy atom. The summed E-state index contributed by atoms with van der Waals surface area (Å²) >= 11 is 0. The van der Waals surface area contributed by atoms with Crippen molar-refractivity contribution >= 4 is 17.9 Å². The zero-order chi connectivity index (χ0) is 24.5. The Balaban J connectivity index is 1.31. The number of nitrogens with zero attached hydrogens (tertiary/aromatic N) is 2. The number of carbonyl (C=O) groups is 1. The van der Waals surface area contributed by atoms with E-state index in [9.17, 15) is 4.79 Å². The number of hydrogen-bond acceptors (Lipinski definition) is 6. The molecule has 0 spiro atoms. The monoisotopic (exact) mass is 472 g/mol. The van der Waals surface area contributed by atoms with E-state index in [0.29, 0.717) is 12.0 Å². The van der Waals surface area contributed by atoms with E-state index in [0.717, 1.165) is 73.2 Å². The second-order valence-electron chi connectivity index (χ2n) is 8.56. The second-order valence-corrected chi connectivity index (χ2v) is 8.56. The van der Waals surface area contributed by atoms with Crippen molar-refractivity contribution in [1.29, 1.82) is 0 Å². The normalized spacial score (nSPS) is 14.2. The maximum absolute atomic E-state index is 12.7. The number of morpholine rings is 1. The number of aromatic nitrogens is 1. The van der Waals surface area contributed by atoms with E-state index in [1.165, 1.54) is 0 Å². The van der Waals surface area contributed by atoms with Crippen LogP contribution in [0.3, 0.4) is 0 Å². The molecule has 0 bridgehead atoms. The number of pyridine rings is 1. The quantitative estimate of drug-likeness (QED) is 0.318. The van der Waals surface area contributed by atoms with Crippen LogP contribution >= 0.6 is 0 Å². The Labute approximate surface area is 207 Å². The van der Waals surface area contributed by atoms with Gasteiger partial charge in [-0.1, -0.05) is 36.4 Å². The number of hydrogen-bond donors (Lipinski definition) is 0. The molecule has 3 aromatic rings. The Morgan fingerprint density at radius 2 is 1.63 bits per heavy atom. The van der Waals surface area contributed by atoms with Gasteiger partial charge in [0, 0.05) is 56.0 Å². The molecule has 0 saturated carbocycles. The number of benzene rings is 2. The molecule has 0 amide bonds. The Bertz CT molecular complexity index is 1110. The number of ketones is 1. The zero-order valence-corrected chi connectivity index (χ0v) is 20.4. The fourth-order valence-electron chi connectivity index (χ4n) is 3.99. The lowest BCUT2D eigenvalue weighted by atomic mass is 10.0. The third-order valence-corrected chi connectivity index (χ3v) is 6.12. The largest absolute Gasteiger partial charge is 0.497 e. The van der Waals surface area contributed by atoms with Gasteiger partial charge in [-0.2, -0.15) is 0 Å². The molecule has 1 aromatic heterocycles. The summed E-state index contributed by atoms with van der Waals surface area (Å²) < 4.78 is 16.0. The molecule has 4 rings (SSSR count). The molecule has 0 atom stereocenters. The van der Waals surface area contributed by atoms with Crippen LogP contribution in [-0.4, -0.2) is 62.7 Å². The minimum Gasteiger partial charge on any atom is -0.497 e. The molecule has 1 aliphatic heterocycles. The summed E-state index contributed by atoms with van der Waals surface area (Å²) in [5.74, 6) is 1.57. The molecule has 1 aliphatic rings. The highest BCUT2D eigenvalue weighted by molar-refractivity contribution is 5.97. The molecule has 0 radical (unpaired) electrons. The summed E-state index contributed by atoms with van der Waals surface area (Å²) in [5, 5.41) is 0. The number of rotatable bonds is 10. The van der Waals surface area contributed by atoms with Gasteiger partial charge in [-0.25, -0.2) is 0 Å². The fourth-order valence-corrected chi connectivity index (χ4v) is 3.99. The molecule has 0 aliphatic carbocycles. The molecule has 35 heavy (non-hydrogen) atoms. The summed E-state index contributed by atoms with van der Waals surface area (Å²) in [7, 11) is 3.28. The molecule has 2 aromatic carbocycles. The predicted octanol–water partition coefficient (Wildman–Crippen LogP) is 4.57. The molecule has 0 unspecified atom stereocenters. The number of Topliss-reactive ketones (excluding diaryl/α,β-unsaturated/α-hetero) is 1. The molecule has 182 valence electrons. The lowest BCUT2D eigenvalue weighted by molar-refractivity contribution is 0.0383. The van der Waals surface area contributed by atoms with Gasteiger partial charge < -0.3 is 14.2 Å². The Hall–Kier alpha value is -3.48. The van der Waals surface area contributed by atoms with Crippen molar-refractivity contribution in [2.45, 2.75) is 12.8 Å². The van der Waals surface area contributed by atoms with Crippen LogP contribution in [0.4, 0.5) is 0 Å². The van der Waals surface area contributed by atoms with Crippen molar-refractivity contribution in [3.8, 4) is 11.5 Å². The van der Waals surface area contributed by atoms with Gasteiger partial charge >= 0.3 is 0 Å². The van der Waals surface area contributed by atoms with E-state index in [1.54, 1.807) is 20.4 Å². The van der Waals surface area contributed by atoms with Crippen molar-refractivity contribution in [3.63, 3.8) is 0 Å². The van der Waals surface area contributed by atoms with Gasteiger partial charge in [0.2, 0.25) is 0 Å². The Kier molecular flexibility index (Phi) is 8.65. The first-order valence-electron chi connectivity index (χ1n) is 11.9. The third kappa shape index (κ3) is 7.25. The lowest BCUT2D eigenvalue weighted by Crippen LogP contribution is -2.37. The molecular weight excluding hydrogens is 440 g/mol.